The Balaban J connectivity index is 1.57. The minimum absolute atomic E-state index is 0.00146. The Kier molecular flexibility index (Phi) is 5.43. The summed E-state index contributed by atoms with van der Waals surface area (Å²) < 4.78 is 5.85. The molecule has 1 saturated carbocycles. The number of aromatic nitrogens is 1. The van der Waals surface area contributed by atoms with E-state index in [1.54, 1.807) is 6.20 Å². The summed E-state index contributed by atoms with van der Waals surface area (Å²) in [6.45, 7) is 0.512. The number of rotatable bonds is 6. The van der Waals surface area contributed by atoms with E-state index in [9.17, 15) is 4.79 Å². The third kappa shape index (κ3) is 4.32. The highest BCUT2D eigenvalue weighted by Gasteiger charge is 2.28. The molecule has 0 unspecified atom stereocenters. The molecule has 0 aliphatic heterocycles. The molecule has 0 spiro atoms. The third-order valence-corrected chi connectivity index (χ3v) is 4.33. The van der Waals surface area contributed by atoms with Gasteiger partial charge in [-0.05, 0) is 43.5 Å². The normalized spacial score (nSPS) is 19.9. The largest absolute Gasteiger partial charge is 0.491 e. The number of nitrogens with two attached hydrogens (primary N) is 1. The number of para-hydroxylation sites is 2. The topological polar surface area (TPSA) is 77.2 Å². The predicted octanol–water partition coefficient (Wildman–Crippen LogP) is 2.77. The summed E-state index contributed by atoms with van der Waals surface area (Å²) in [5, 5.41) is 2.99. The zero-order chi connectivity index (χ0) is 16.8. The van der Waals surface area contributed by atoms with Crippen molar-refractivity contribution in [1.29, 1.82) is 0 Å². The van der Waals surface area contributed by atoms with Crippen LogP contribution in [0.15, 0.2) is 48.7 Å². The molecule has 1 aromatic heterocycles. The molecule has 5 nitrogen and oxygen atoms in total. The summed E-state index contributed by atoms with van der Waals surface area (Å²) >= 11 is 0. The molecule has 1 aromatic carbocycles. The van der Waals surface area contributed by atoms with E-state index >= 15 is 0 Å². The third-order valence-electron chi connectivity index (χ3n) is 4.33. The first-order valence-corrected chi connectivity index (χ1v) is 8.40. The fourth-order valence-corrected chi connectivity index (χ4v) is 3.00. The monoisotopic (exact) mass is 325 g/mol. The summed E-state index contributed by atoms with van der Waals surface area (Å²) in [5.74, 6) is 0.717. The minimum Gasteiger partial charge on any atom is -0.491 e. The van der Waals surface area contributed by atoms with Crippen LogP contribution in [0.3, 0.4) is 0 Å². The van der Waals surface area contributed by atoms with E-state index in [1.807, 2.05) is 42.5 Å². The number of ether oxygens (including phenoxy) is 1. The molecule has 0 radical (unpaired) electrons. The Bertz CT molecular complexity index is 675. The Labute approximate surface area is 142 Å². The number of nitrogens with one attached hydrogen (secondary N) is 1. The molecule has 1 aliphatic carbocycles. The predicted molar refractivity (Wildman–Crippen MR) is 93.8 cm³/mol. The van der Waals surface area contributed by atoms with Crippen LogP contribution in [0.1, 0.15) is 25.0 Å². The summed E-state index contributed by atoms with van der Waals surface area (Å²) in [6, 6.07) is 13.5. The number of hydrogen-bond donors (Lipinski definition) is 2. The average Bonchev–Trinajstić information content (AvgIpc) is 3.04. The molecule has 1 fully saturated rings. The Hall–Kier alpha value is -2.40. The first kappa shape index (κ1) is 16.5. The van der Waals surface area contributed by atoms with Crippen LogP contribution in [0, 0.1) is 5.92 Å². The quantitative estimate of drug-likeness (QED) is 0.856. The molecule has 1 heterocycles. The van der Waals surface area contributed by atoms with Gasteiger partial charge in [-0.2, -0.15) is 0 Å². The van der Waals surface area contributed by atoms with Crippen LogP contribution < -0.4 is 15.8 Å². The van der Waals surface area contributed by atoms with Crippen LogP contribution in [0.2, 0.25) is 0 Å². The molecule has 1 amide bonds. The van der Waals surface area contributed by atoms with Gasteiger partial charge in [0, 0.05) is 30.3 Å². The van der Waals surface area contributed by atoms with Gasteiger partial charge in [0.1, 0.15) is 5.75 Å². The van der Waals surface area contributed by atoms with Crippen LogP contribution in [-0.2, 0) is 11.2 Å². The van der Waals surface area contributed by atoms with Crippen molar-refractivity contribution in [2.75, 3.05) is 11.9 Å². The van der Waals surface area contributed by atoms with Crippen LogP contribution >= 0.6 is 0 Å². The number of amides is 1. The highest BCUT2D eigenvalue weighted by Crippen LogP contribution is 2.28. The van der Waals surface area contributed by atoms with Crippen molar-refractivity contribution >= 4 is 11.6 Å². The smallest absolute Gasteiger partial charge is 0.227 e. The number of carbonyl (C=O) groups is 1. The van der Waals surface area contributed by atoms with Gasteiger partial charge in [0.05, 0.1) is 12.3 Å². The van der Waals surface area contributed by atoms with Crippen LogP contribution in [0.25, 0.3) is 0 Å². The molecule has 2 atom stereocenters. The summed E-state index contributed by atoms with van der Waals surface area (Å²) in [7, 11) is 0. The number of hydrogen-bond acceptors (Lipinski definition) is 4. The SMILES string of the molecule is N[C@H]1CC[C@@H](C(=O)Nc2ccccc2OCCc2ccccn2)C1. The van der Waals surface area contributed by atoms with E-state index in [0.717, 1.165) is 31.4 Å². The van der Waals surface area contributed by atoms with E-state index in [0.29, 0.717) is 18.0 Å². The van der Waals surface area contributed by atoms with E-state index in [1.165, 1.54) is 0 Å². The molecule has 0 bridgehead atoms. The molecular weight excluding hydrogens is 302 g/mol. The Morgan fingerprint density at radius 1 is 1.21 bits per heavy atom. The second-order valence-electron chi connectivity index (χ2n) is 6.18. The second kappa shape index (κ2) is 7.93. The summed E-state index contributed by atoms with van der Waals surface area (Å²) in [4.78, 5) is 16.7. The molecule has 3 rings (SSSR count). The zero-order valence-electron chi connectivity index (χ0n) is 13.7. The van der Waals surface area contributed by atoms with Gasteiger partial charge in [-0.25, -0.2) is 0 Å². The van der Waals surface area contributed by atoms with Crippen molar-refractivity contribution in [2.24, 2.45) is 11.7 Å². The summed E-state index contributed by atoms with van der Waals surface area (Å²) in [6.07, 6.45) is 5.03. The van der Waals surface area contributed by atoms with E-state index < -0.39 is 0 Å². The van der Waals surface area contributed by atoms with Gasteiger partial charge in [-0.15, -0.1) is 0 Å². The van der Waals surface area contributed by atoms with Gasteiger partial charge >= 0.3 is 0 Å². The Morgan fingerprint density at radius 2 is 2.04 bits per heavy atom. The highest BCUT2D eigenvalue weighted by atomic mass is 16.5. The van der Waals surface area contributed by atoms with Crippen LogP contribution in [0.4, 0.5) is 5.69 Å². The minimum atomic E-state index is 0.00146. The first-order chi connectivity index (χ1) is 11.7. The lowest BCUT2D eigenvalue weighted by molar-refractivity contribution is -0.119. The van der Waals surface area contributed by atoms with Crippen molar-refractivity contribution in [3.05, 3.63) is 54.4 Å². The van der Waals surface area contributed by atoms with Crippen molar-refractivity contribution in [3.8, 4) is 5.75 Å². The lowest BCUT2D eigenvalue weighted by atomic mass is 10.1. The first-order valence-electron chi connectivity index (χ1n) is 8.40. The van der Waals surface area contributed by atoms with Crippen molar-refractivity contribution < 1.29 is 9.53 Å². The maximum atomic E-state index is 12.4. The number of benzene rings is 1. The lowest BCUT2D eigenvalue weighted by Crippen LogP contribution is -2.23. The van der Waals surface area contributed by atoms with E-state index in [2.05, 4.69) is 10.3 Å². The number of nitrogens with zero attached hydrogens (tertiary/aromatic N) is 1. The van der Waals surface area contributed by atoms with Crippen molar-refractivity contribution in [1.82, 2.24) is 4.98 Å². The number of pyridine rings is 1. The maximum Gasteiger partial charge on any atom is 0.227 e. The summed E-state index contributed by atoms with van der Waals surface area (Å²) in [5.41, 5.74) is 7.59. The molecular formula is C19H23N3O2. The fourth-order valence-electron chi connectivity index (χ4n) is 3.00. The molecule has 5 heteroatoms. The molecule has 24 heavy (non-hydrogen) atoms. The van der Waals surface area contributed by atoms with Gasteiger partial charge in [0.15, 0.2) is 0 Å². The molecule has 126 valence electrons. The van der Waals surface area contributed by atoms with Gasteiger partial charge in [-0.3, -0.25) is 9.78 Å². The number of anilines is 1. The lowest BCUT2D eigenvalue weighted by Gasteiger charge is -2.15. The number of carbonyl (C=O) groups excluding carboxylic acids is 1. The van der Waals surface area contributed by atoms with Crippen molar-refractivity contribution in [2.45, 2.75) is 31.7 Å². The van der Waals surface area contributed by atoms with Gasteiger partial charge in [-0.1, -0.05) is 18.2 Å². The van der Waals surface area contributed by atoms with Crippen LogP contribution in [-0.4, -0.2) is 23.5 Å². The average molecular weight is 325 g/mol. The van der Waals surface area contributed by atoms with E-state index in [4.69, 9.17) is 10.5 Å². The van der Waals surface area contributed by atoms with Gasteiger partial charge in [0.25, 0.3) is 0 Å². The maximum absolute atomic E-state index is 12.4. The van der Waals surface area contributed by atoms with Gasteiger partial charge < -0.3 is 15.8 Å². The van der Waals surface area contributed by atoms with Gasteiger partial charge in [0.2, 0.25) is 5.91 Å². The molecule has 1 aliphatic rings. The highest BCUT2D eigenvalue weighted by molar-refractivity contribution is 5.94. The fraction of sp³-hybridized carbons (Fsp3) is 0.368. The Morgan fingerprint density at radius 3 is 2.79 bits per heavy atom. The van der Waals surface area contributed by atoms with Crippen molar-refractivity contribution in [3.63, 3.8) is 0 Å². The molecule has 3 N–H and O–H groups in total. The zero-order valence-corrected chi connectivity index (χ0v) is 13.7. The molecule has 0 saturated heterocycles. The standard InChI is InChI=1S/C19H23N3O2/c20-15-9-8-14(13-15)19(23)22-17-6-1-2-7-18(17)24-12-10-16-5-3-4-11-21-16/h1-7,11,14-15H,8-10,12-13,20H2,(H,22,23)/t14-,15+/m1/s1. The second-order valence-corrected chi connectivity index (χ2v) is 6.18. The molecule has 2 aromatic rings. The van der Waals surface area contributed by atoms with Crippen LogP contribution in [0.5, 0.6) is 5.75 Å². The van der Waals surface area contributed by atoms with E-state index in [-0.39, 0.29) is 17.9 Å².